The summed E-state index contributed by atoms with van der Waals surface area (Å²) in [6, 6.07) is 6.19. The fraction of sp³-hybridized carbons (Fsp3) is 0.600. The number of aromatic amines is 1. The molecule has 0 bridgehead atoms. The second kappa shape index (κ2) is 11.4. The van der Waals surface area contributed by atoms with Crippen LogP contribution in [0.25, 0.3) is 10.9 Å². The molecule has 1 unspecified atom stereocenters. The molecule has 1 aromatic heterocycles. The first-order valence-electron chi connectivity index (χ1n) is 12.1. The number of rotatable bonds is 8. The van der Waals surface area contributed by atoms with Gasteiger partial charge in [0.15, 0.2) is 5.11 Å². The number of pyridine rings is 1. The molecule has 8 heteroatoms. The van der Waals surface area contributed by atoms with Crippen LogP contribution in [0.5, 0.6) is 0 Å². The zero-order valence-corrected chi connectivity index (χ0v) is 20.6. The van der Waals surface area contributed by atoms with Crippen molar-refractivity contribution in [3.63, 3.8) is 0 Å². The van der Waals surface area contributed by atoms with Gasteiger partial charge in [0.2, 0.25) is 0 Å². The first-order valence-corrected chi connectivity index (χ1v) is 12.5. The maximum atomic E-state index is 13.0. The van der Waals surface area contributed by atoms with Gasteiger partial charge in [0, 0.05) is 44.9 Å². The SMILES string of the molecule is Cc1ccc2cc(CN(CCCN3CCOCC3)C(=S)NCC3CCCO3)c(=O)[nH]c2c1C. The number of morpholine rings is 1. The minimum Gasteiger partial charge on any atom is -0.379 e. The normalized spacial score (nSPS) is 19.2. The van der Waals surface area contributed by atoms with Gasteiger partial charge in [-0.3, -0.25) is 9.69 Å². The van der Waals surface area contributed by atoms with Crippen LogP contribution in [0.3, 0.4) is 0 Å². The molecule has 1 atom stereocenters. The molecule has 2 saturated heterocycles. The van der Waals surface area contributed by atoms with Crippen molar-refractivity contribution < 1.29 is 9.47 Å². The minimum atomic E-state index is -0.0451. The van der Waals surface area contributed by atoms with E-state index in [1.807, 2.05) is 6.07 Å². The number of aromatic nitrogens is 1. The van der Waals surface area contributed by atoms with Gasteiger partial charge in [0.1, 0.15) is 0 Å². The van der Waals surface area contributed by atoms with Gasteiger partial charge in [-0.25, -0.2) is 0 Å². The third-order valence-corrected chi connectivity index (χ3v) is 7.19. The third-order valence-electron chi connectivity index (χ3n) is 6.79. The highest BCUT2D eigenvalue weighted by Gasteiger charge is 2.19. The Kier molecular flexibility index (Phi) is 8.35. The predicted octanol–water partition coefficient (Wildman–Crippen LogP) is 2.72. The summed E-state index contributed by atoms with van der Waals surface area (Å²) in [6.07, 6.45) is 3.36. The van der Waals surface area contributed by atoms with Crippen molar-refractivity contribution in [2.24, 2.45) is 0 Å². The van der Waals surface area contributed by atoms with Crippen molar-refractivity contribution >= 4 is 28.2 Å². The lowest BCUT2D eigenvalue weighted by atomic mass is 10.0. The molecule has 2 aliphatic heterocycles. The summed E-state index contributed by atoms with van der Waals surface area (Å²) in [4.78, 5) is 20.6. The topological polar surface area (TPSA) is 69.8 Å². The largest absolute Gasteiger partial charge is 0.379 e. The quantitative estimate of drug-likeness (QED) is 0.573. The molecule has 0 amide bonds. The van der Waals surface area contributed by atoms with Crippen LogP contribution < -0.4 is 10.9 Å². The standard InChI is InChI=1S/C25H36N4O3S/c1-18-6-7-20-15-21(24(30)27-23(20)19(18)2)17-29(9-4-8-28-10-13-31-14-11-28)25(33)26-16-22-5-3-12-32-22/h6-7,15,22H,3-5,8-14,16-17H2,1-2H3,(H,26,33)(H,27,30). The summed E-state index contributed by atoms with van der Waals surface area (Å²) in [5.74, 6) is 0. The molecule has 0 radical (unpaired) electrons. The van der Waals surface area contributed by atoms with Gasteiger partial charge in [0.05, 0.1) is 31.4 Å². The maximum absolute atomic E-state index is 13.0. The lowest BCUT2D eigenvalue weighted by Gasteiger charge is -2.30. The molecular formula is C25H36N4O3S. The Morgan fingerprint density at radius 2 is 2.09 bits per heavy atom. The Bertz CT molecular complexity index is 1010. The molecule has 2 aliphatic rings. The van der Waals surface area contributed by atoms with E-state index in [-0.39, 0.29) is 11.7 Å². The number of H-pyrrole nitrogens is 1. The van der Waals surface area contributed by atoms with E-state index in [4.69, 9.17) is 21.7 Å². The Hall–Kier alpha value is -2.00. The summed E-state index contributed by atoms with van der Waals surface area (Å²) in [6.45, 7) is 11.5. The molecule has 7 nitrogen and oxygen atoms in total. The number of benzene rings is 1. The first-order chi connectivity index (χ1) is 16.0. The van der Waals surface area contributed by atoms with Crippen LogP contribution in [0.1, 0.15) is 36.0 Å². The van der Waals surface area contributed by atoms with Crippen LogP contribution in [0.2, 0.25) is 0 Å². The fourth-order valence-electron chi connectivity index (χ4n) is 4.57. The molecule has 33 heavy (non-hydrogen) atoms. The van der Waals surface area contributed by atoms with Crippen molar-refractivity contribution in [3.8, 4) is 0 Å². The van der Waals surface area contributed by atoms with E-state index in [0.29, 0.717) is 18.2 Å². The number of thiocarbonyl (C=S) groups is 1. The zero-order chi connectivity index (χ0) is 23.2. The number of hydrogen-bond donors (Lipinski definition) is 2. The Balaban J connectivity index is 1.46. The average molecular weight is 473 g/mol. The number of nitrogens with one attached hydrogen (secondary N) is 2. The van der Waals surface area contributed by atoms with Crippen LogP contribution in [-0.4, -0.2) is 78.5 Å². The summed E-state index contributed by atoms with van der Waals surface area (Å²) in [5, 5.41) is 5.14. The minimum absolute atomic E-state index is 0.0451. The van der Waals surface area contributed by atoms with E-state index in [0.717, 1.165) is 87.3 Å². The summed E-state index contributed by atoms with van der Waals surface area (Å²) in [7, 11) is 0. The third kappa shape index (κ3) is 6.32. The van der Waals surface area contributed by atoms with Gasteiger partial charge in [-0.2, -0.15) is 0 Å². The van der Waals surface area contributed by atoms with Gasteiger partial charge < -0.3 is 24.7 Å². The van der Waals surface area contributed by atoms with E-state index in [1.165, 1.54) is 5.56 Å². The van der Waals surface area contributed by atoms with Crippen molar-refractivity contribution in [2.75, 3.05) is 52.5 Å². The summed E-state index contributed by atoms with van der Waals surface area (Å²) < 4.78 is 11.2. The lowest BCUT2D eigenvalue weighted by Crippen LogP contribution is -2.44. The van der Waals surface area contributed by atoms with Crippen LogP contribution in [0.15, 0.2) is 23.0 Å². The lowest BCUT2D eigenvalue weighted by molar-refractivity contribution is 0.0367. The summed E-state index contributed by atoms with van der Waals surface area (Å²) >= 11 is 5.77. The van der Waals surface area contributed by atoms with Crippen LogP contribution in [0.4, 0.5) is 0 Å². The molecule has 4 rings (SSSR count). The number of fused-ring (bicyclic) bond motifs is 1. The van der Waals surface area contributed by atoms with Crippen LogP contribution in [0, 0.1) is 13.8 Å². The smallest absolute Gasteiger partial charge is 0.253 e. The molecule has 2 aromatic rings. The van der Waals surface area contributed by atoms with E-state index in [9.17, 15) is 4.79 Å². The highest BCUT2D eigenvalue weighted by atomic mass is 32.1. The molecule has 0 aliphatic carbocycles. The Labute approximate surface area is 201 Å². The fourth-order valence-corrected chi connectivity index (χ4v) is 4.81. The van der Waals surface area contributed by atoms with Crippen LogP contribution >= 0.6 is 12.2 Å². The van der Waals surface area contributed by atoms with Crippen molar-refractivity contribution in [1.82, 2.24) is 20.1 Å². The molecule has 0 spiro atoms. The van der Waals surface area contributed by atoms with Crippen molar-refractivity contribution in [1.29, 1.82) is 0 Å². The number of aryl methyl sites for hydroxylation is 2. The predicted molar refractivity (Wildman–Crippen MR) is 136 cm³/mol. The molecule has 180 valence electrons. The van der Waals surface area contributed by atoms with Crippen molar-refractivity contribution in [2.45, 2.75) is 45.8 Å². The second-order valence-electron chi connectivity index (χ2n) is 9.15. The van der Waals surface area contributed by atoms with E-state index in [2.05, 4.69) is 46.1 Å². The van der Waals surface area contributed by atoms with Crippen LogP contribution in [-0.2, 0) is 16.0 Å². The van der Waals surface area contributed by atoms with Crippen molar-refractivity contribution in [3.05, 3.63) is 45.2 Å². The van der Waals surface area contributed by atoms with Gasteiger partial charge in [-0.15, -0.1) is 0 Å². The zero-order valence-electron chi connectivity index (χ0n) is 19.8. The number of ether oxygens (including phenoxy) is 2. The number of hydrogen-bond acceptors (Lipinski definition) is 5. The molecule has 0 saturated carbocycles. The molecule has 1 aromatic carbocycles. The highest BCUT2D eigenvalue weighted by Crippen LogP contribution is 2.19. The molecule has 3 heterocycles. The van der Waals surface area contributed by atoms with E-state index in [1.54, 1.807) is 0 Å². The Morgan fingerprint density at radius 1 is 1.27 bits per heavy atom. The monoisotopic (exact) mass is 472 g/mol. The molecule has 2 fully saturated rings. The Morgan fingerprint density at radius 3 is 2.85 bits per heavy atom. The average Bonchev–Trinajstić information content (AvgIpc) is 3.35. The highest BCUT2D eigenvalue weighted by molar-refractivity contribution is 7.80. The number of nitrogens with zero attached hydrogens (tertiary/aromatic N) is 2. The van der Waals surface area contributed by atoms with Gasteiger partial charge in [-0.1, -0.05) is 12.1 Å². The molecule has 2 N–H and O–H groups in total. The summed E-state index contributed by atoms with van der Waals surface area (Å²) in [5.41, 5.74) is 3.90. The van der Waals surface area contributed by atoms with E-state index < -0.39 is 0 Å². The second-order valence-corrected chi connectivity index (χ2v) is 9.53. The molecular weight excluding hydrogens is 436 g/mol. The maximum Gasteiger partial charge on any atom is 0.253 e. The first kappa shape index (κ1) is 24.1. The van der Waals surface area contributed by atoms with Gasteiger partial charge in [0.25, 0.3) is 5.56 Å². The van der Waals surface area contributed by atoms with Gasteiger partial charge >= 0.3 is 0 Å². The van der Waals surface area contributed by atoms with Gasteiger partial charge in [-0.05, 0) is 67.9 Å². The van der Waals surface area contributed by atoms with E-state index >= 15 is 0 Å².